The average Bonchev–Trinajstić information content (AvgIpc) is 2.66. The summed E-state index contributed by atoms with van der Waals surface area (Å²) < 4.78 is 11.3. The van der Waals surface area contributed by atoms with E-state index in [0.717, 1.165) is 30.8 Å². The van der Waals surface area contributed by atoms with Crippen molar-refractivity contribution in [2.24, 2.45) is 0 Å². The Morgan fingerprint density at radius 1 is 1.12 bits per heavy atom. The van der Waals surface area contributed by atoms with Gasteiger partial charge in [-0.25, -0.2) is 0 Å². The van der Waals surface area contributed by atoms with Gasteiger partial charge in [0.25, 0.3) is 0 Å². The lowest BCUT2D eigenvalue weighted by Crippen LogP contribution is -2.62. The first kappa shape index (κ1) is 19.5. The summed E-state index contributed by atoms with van der Waals surface area (Å²) in [7, 11) is 0. The van der Waals surface area contributed by atoms with Crippen LogP contribution in [0.4, 0.5) is 0 Å². The van der Waals surface area contributed by atoms with Gasteiger partial charge in [0.1, 0.15) is 24.1 Å². The highest BCUT2D eigenvalue weighted by molar-refractivity contribution is 5.27. The number of β-amino-alcohol motifs (C(OH)–C–C–N with tert-alkyl or cyclic N) is 1. The lowest BCUT2D eigenvalue weighted by atomic mass is 9.94. The Balaban J connectivity index is 1.52. The molecule has 5 atom stereocenters. The number of rotatable bonds is 6. The second-order valence-corrected chi connectivity index (χ2v) is 7.14. The van der Waals surface area contributed by atoms with E-state index >= 15 is 0 Å². The molecule has 7 nitrogen and oxygen atoms in total. The van der Waals surface area contributed by atoms with Gasteiger partial charge in [-0.3, -0.25) is 4.90 Å². The normalized spacial score (nSPS) is 33.2. The Labute approximate surface area is 153 Å². The zero-order valence-electron chi connectivity index (χ0n) is 14.9. The Hall–Kier alpha value is -1.22. The van der Waals surface area contributed by atoms with Crippen molar-refractivity contribution < 1.29 is 29.9 Å². The zero-order valence-corrected chi connectivity index (χ0v) is 14.9. The topological polar surface area (TPSA) is 103 Å². The van der Waals surface area contributed by atoms with Gasteiger partial charge in [0.05, 0.1) is 25.4 Å². The number of aliphatic hydroxyl groups is 4. The molecule has 0 saturated carbocycles. The molecular formula is C19H29NO6. The maximum Gasteiger partial charge on any atom is 0.122 e. The maximum absolute atomic E-state index is 10.0. The highest BCUT2D eigenvalue weighted by Crippen LogP contribution is 2.21. The molecule has 0 radical (unpaired) electrons. The summed E-state index contributed by atoms with van der Waals surface area (Å²) in [5.41, 5.74) is 1.10. The van der Waals surface area contributed by atoms with E-state index in [1.54, 1.807) is 0 Å². The summed E-state index contributed by atoms with van der Waals surface area (Å²) >= 11 is 0. The molecule has 2 aliphatic heterocycles. The van der Waals surface area contributed by atoms with Crippen LogP contribution in [0.15, 0.2) is 24.3 Å². The molecule has 3 rings (SSSR count). The van der Waals surface area contributed by atoms with E-state index in [2.05, 4.69) is 0 Å². The SMILES string of the molecule is OC[C@@H]1[C@@H](O)[C@H](O)[C@@H](O)CN1CCc1ccc(OC2CCCOC2)cc1. The number of hydrogen-bond donors (Lipinski definition) is 4. The van der Waals surface area contributed by atoms with Gasteiger partial charge in [0, 0.05) is 19.7 Å². The smallest absolute Gasteiger partial charge is 0.122 e. The third-order valence-corrected chi connectivity index (χ3v) is 5.25. The van der Waals surface area contributed by atoms with Gasteiger partial charge in [0.15, 0.2) is 0 Å². The van der Waals surface area contributed by atoms with Crippen LogP contribution in [-0.2, 0) is 11.2 Å². The fourth-order valence-electron chi connectivity index (χ4n) is 3.64. The maximum atomic E-state index is 10.0. The first-order valence-corrected chi connectivity index (χ1v) is 9.31. The van der Waals surface area contributed by atoms with Crippen molar-refractivity contribution in [3.63, 3.8) is 0 Å². The third kappa shape index (κ3) is 4.73. The molecule has 2 aliphatic rings. The summed E-state index contributed by atoms with van der Waals surface area (Å²) in [6.07, 6.45) is -0.532. The number of benzene rings is 1. The number of likely N-dealkylation sites (tertiary alicyclic amines) is 1. The van der Waals surface area contributed by atoms with Gasteiger partial charge in [-0.2, -0.15) is 0 Å². The van der Waals surface area contributed by atoms with Crippen LogP contribution in [0.5, 0.6) is 5.75 Å². The number of hydrogen-bond acceptors (Lipinski definition) is 7. The molecule has 0 bridgehead atoms. The number of aliphatic hydroxyl groups excluding tert-OH is 4. The number of nitrogens with zero attached hydrogens (tertiary/aromatic N) is 1. The van der Waals surface area contributed by atoms with Crippen LogP contribution >= 0.6 is 0 Å². The minimum atomic E-state index is -1.22. The van der Waals surface area contributed by atoms with Gasteiger partial charge in [-0.05, 0) is 37.0 Å². The molecule has 4 N–H and O–H groups in total. The molecule has 1 aromatic rings. The van der Waals surface area contributed by atoms with E-state index in [9.17, 15) is 20.4 Å². The van der Waals surface area contributed by atoms with Crippen LogP contribution in [0.2, 0.25) is 0 Å². The lowest BCUT2D eigenvalue weighted by Gasteiger charge is -2.43. The van der Waals surface area contributed by atoms with Crippen LogP contribution < -0.4 is 4.74 Å². The standard InChI is InChI=1S/C19H29NO6/c21-11-16-18(23)19(24)17(22)10-20(16)8-7-13-3-5-14(6-4-13)26-15-2-1-9-25-12-15/h3-6,15-19,21-24H,1-2,7-12H2/t15?,16-,17+,18-,19-/m1/s1. The summed E-state index contributed by atoms with van der Waals surface area (Å²) in [4.78, 5) is 1.83. The minimum Gasteiger partial charge on any atom is -0.488 e. The van der Waals surface area contributed by atoms with E-state index in [1.807, 2.05) is 29.2 Å². The Kier molecular flexibility index (Phi) is 6.86. The largest absolute Gasteiger partial charge is 0.488 e. The molecular weight excluding hydrogens is 338 g/mol. The molecule has 2 saturated heterocycles. The molecule has 1 unspecified atom stereocenters. The van der Waals surface area contributed by atoms with Crippen LogP contribution in [0.3, 0.4) is 0 Å². The quantitative estimate of drug-likeness (QED) is 0.540. The van der Waals surface area contributed by atoms with Crippen molar-refractivity contribution in [1.82, 2.24) is 4.90 Å². The molecule has 1 aromatic carbocycles. The fourth-order valence-corrected chi connectivity index (χ4v) is 3.64. The summed E-state index contributed by atoms with van der Waals surface area (Å²) in [5.74, 6) is 0.824. The lowest BCUT2D eigenvalue weighted by molar-refractivity contribution is -0.144. The van der Waals surface area contributed by atoms with Crippen LogP contribution in [0.25, 0.3) is 0 Å². The van der Waals surface area contributed by atoms with Crippen molar-refractivity contribution in [1.29, 1.82) is 0 Å². The molecule has 0 aliphatic carbocycles. The summed E-state index contributed by atoms with van der Waals surface area (Å²) in [6, 6.07) is 7.31. The van der Waals surface area contributed by atoms with Crippen LogP contribution in [0, 0.1) is 0 Å². The van der Waals surface area contributed by atoms with Gasteiger partial charge in [-0.15, -0.1) is 0 Å². The van der Waals surface area contributed by atoms with E-state index in [4.69, 9.17) is 9.47 Å². The Morgan fingerprint density at radius 2 is 1.88 bits per heavy atom. The highest BCUT2D eigenvalue weighted by atomic mass is 16.5. The summed E-state index contributed by atoms with van der Waals surface area (Å²) in [5, 5.41) is 39.1. The van der Waals surface area contributed by atoms with Gasteiger partial charge in [0.2, 0.25) is 0 Å². The molecule has 0 amide bonds. The van der Waals surface area contributed by atoms with E-state index in [1.165, 1.54) is 0 Å². The van der Waals surface area contributed by atoms with Crippen molar-refractivity contribution in [2.45, 2.75) is 49.7 Å². The monoisotopic (exact) mass is 367 g/mol. The summed E-state index contributed by atoms with van der Waals surface area (Å²) in [6.45, 7) is 1.98. The van der Waals surface area contributed by atoms with Gasteiger partial charge < -0.3 is 29.9 Å². The molecule has 146 valence electrons. The second-order valence-electron chi connectivity index (χ2n) is 7.14. The molecule has 26 heavy (non-hydrogen) atoms. The third-order valence-electron chi connectivity index (χ3n) is 5.25. The zero-order chi connectivity index (χ0) is 18.5. The van der Waals surface area contributed by atoms with Crippen molar-refractivity contribution in [3.8, 4) is 5.75 Å². The predicted octanol–water partition coefficient (Wildman–Crippen LogP) is -0.454. The second kappa shape index (κ2) is 9.12. The number of ether oxygens (including phenoxy) is 2. The highest BCUT2D eigenvalue weighted by Gasteiger charge is 2.40. The fraction of sp³-hybridized carbons (Fsp3) is 0.684. The first-order valence-electron chi connectivity index (χ1n) is 9.31. The van der Waals surface area contributed by atoms with Crippen LogP contribution in [0.1, 0.15) is 18.4 Å². The molecule has 7 heteroatoms. The van der Waals surface area contributed by atoms with E-state index < -0.39 is 24.4 Å². The number of piperidine rings is 1. The molecule has 2 fully saturated rings. The average molecular weight is 367 g/mol. The van der Waals surface area contributed by atoms with Crippen molar-refractivity contribution in [2.75, 3.05) is 32.9 Å². The van der Waals surface area contributed by atoms with Gasteiger partial charge >= 0.3 is 0 Å². The van der Waals surface area contributed by atoms with Crippen LogP contribution in [-0.4, -0.2) is 88.7 Å². The molecule has 0 spiro atoms. The predicted molar refractivity (Wildman–Crippen MR) is 95.1 cm³/mol. The Morgan fingerprint density at radius 3 is 2.54 bits per heavy atom. The molecule has 0 aromatic heterocycles. The van der Waals surface area contributed by atoms with Gasteiger partial charge in [-0.1, -0.05) is 12.1 Å². The Bertz CT molecular complexity index is 547. The van der Waals surface area contributed by atoms with Crippen molar-refractivity contribution >= 4 is 0 Å². The minimum absolute atomic E-state index is 0.114. The first-order chi connectivity index (χ1) is 12.6. The molecule has 2 heterocycles. The van der Waals surface area contributed by atoms with E-state index in [0.29, 0.717) is 19.6 Å². The van der Waals surface area contributed by atoms with E-state index in [-0.39, 0.29) is 19.3 Å². The van der Waals surface area contributed by atoms with Crippen molar-refractivity contribution in [3.05, 3.63) is 29.8 Å².